The maximum Gasteiger partial charge on any atom is 0.0462 e. The molecule has 2 saturated carbocycles. The first-order chi connectivity index (χ1) is 14.2. The largest absolute Gasteiger partial charge is 0.396 e. The van der Waals surface area contributed by atoms with E-state index in [1.165, 1.54) is 60.8 Å². The Hall–Kier alpha value is -1.86. The van der Waals surface area contributed by atoms with Gasteiger partial charge in [0.05, 0.1) is 0 Å². The Morgan fingerprint density at radius 2 is 1.79 bits per heavy atom. The summed E-state index contributed by atoms with van der Waals surface area (Å²) < 4.78 is 0. The monoisotopic (exact) mass is 388 g/mol. The molecule has 0 aromatic heterocycles. The van der Waals surface area contributed by atoms with Crippen LogP contribution >= 0.6 is 0 Å². The van der Waals surface area contributed by atoms with Gasteiger partial charge in [-0.15, -0.1) is 0 Å². The molecule has 2 fully saturated rings. The first-order valence-corrected chi connectivity index (χ1v) is 11.7. The van der Waals surface area contributed by atoms with Gasteiger partial charge in [-0.3, -0.25) is 0 Å². The second-order valence-corrected chi connectivity index (χ2v) is 9.39. The van der Waals surface area contributed by atoms with Gasteiger partial charge in [-0.05, 0) is 66.0 Å². The molecule has 2 aliphatic rings. The first kappa shape index (κ1) is 20.4. The lowest BCUT2D eigenvalue weighted by Crippen LogP contribution is -2.41. The molecule has 4 rings (SSSR count). The zero-order valence-corrected chi connectivity index (χ0v) is 18.1. The van der Waals surface area contributed by atoms with E-state index in [4.69, 9.17) is 0 Å². The van der Waals surface area contributed by atoms with Crippen LogP contribution in [0.25, 0.3) is 17.2 Å². The topological polar surface area (TPSA) is 20.2 Å². The summed E-state index contributed by atoms with van der Waals surface area (Å²) in [4.78, 5) is 0. The summed E-state index contributed by atoms with van der Waals surface area (Å²) in [6, 6.07) is 17.7. The van der Waals surface area contributed by atoms with Gasteiger partial charge >= 0.3 is 0 Å². The summed E-state index contributed by atoms with van der Waals surface area (Å²) in [6.45, 7) is 4.82. The smallest absolute Gasteiger partial charge is 0.0462 e. The molecule has 0 unspecified atom stereocenters. The van der Waals surface area contributed by atoms with Gasteiger partial charge < -0.3 is 5.11 Å². The van der Waals surface area contributed by atoms with Gasteiger partial charge in [0, 0.05) is 6.61 Å². The van der Waals surface area contributed by atoms with Gasteiger partial charge in [0.15, 0.2) is 0 Å². The number of benzene rings is 2. The molecule has 2 aliphatic carbocycles. The third-order valence-corrected chi connectivity index (χ3v) is 7.65. The van der Waals surface area contributed by atoms with E-state index in [2.05, 4.69) is 74.5 Å². The summed E-state index contributed by atoms with van der Waals surface area (Å²) >= 11 is 0. The van der Waals surface area contributed by atoms with Gasteiger partial charge in [0.2, 0.25) is 0 Å². The van der Waals surface area contributed by atoms with E-state index in [1.807, 2.05) is 0 Å². The maximum atomic E-state index is 10.0. The van der Waals surface area contributed by atoms with Crippen molar-refractivity contribution in [2.75, 3.05) is 6.61 Å². The summed E-state index contributed by atoms with van der Waals surface area (Å²) in [6.07, 6.45) is 12.8. The predicted molar refractivity (Wildman–Crippen MR) is 124 cm³/mol. The fourth-order valence-corrected chi connectivity index (χ4v) is 6.17. The van der Waals surface area contributed by atoms with E-state index < -0.39 is 0 Å². The van der Waals surface area contributed by atoms with Crippen LogP contribution in [0.15, 0.2) is 54.6 Å². The molecule has 2 aromatic carbocycles. The Kier molecular flexibility index (Phi) is 6.55. The van der Waals surface area contributed by atoms with Crippen molar-refractivity contribution in [3.63, 3.8) is 0 Å². The van der Waals surface area contributed by atoms with Crippen molar-refractivity contribution < 1.29 is 5.11 Å². The van der Waals surface area contributed by atoms with E-state index in [1.54, 1.807) is 0 Å². The summed E-state index contributed by atoms with van der Waals surface area (Å²) in [5, 5.41) is 10.0. The number of hydrogen-bond donors (Lipinski definition) is 1. The average Bonchev–Trinajstić information content (AvgIpc) is 2.77. The summed E-state index contributed by atoms with van der Waals surface area (Å²) in [5.41, 5.74) is 5.15. The molecule has 2 aromatic rings. The van der Waals surface area contributed by atoms with Crippen LogP contribution in [0.5, 0.6) is 0 Å². The Morgan fingerprint density at radius 1 is 1.00 bits per heavy atom. The fourth-order valence-electron chi connectivity index (χ4n) is 6.17. The number of rotatable bonds is 5. The minimum Gasteiger partial charge on any atom is -0.396 e. The summed E-state index contributed by atoms with van der Waals surface area (Å²) in [5.74, 6) is 3.37. The lowest BCUT2D eigenvalue weighted by Gasteiger charge is -2.48. The van der Waals surface area contributed by atoms with Gasteiger partial charge in [-0.25, -0.2) is 0 Å². The van der Waals surface area contributed by atoms with E-state index >= 15 is 0 Å². The quantitative estimate of drug-likeness (QED) is 0.577. The molecule has 1 heteroatoms. The molecule has 154 valence electrons. The molecule has 0 spiro atoms. The first-order valence-electron chi connectivity index (χ1n) is 11.7. The molecular formula is C28H36O. The Bertz CT molecular complexity index is 812. The van der Waals surface area contributed by atoms with Crippen LogP contribution in [0, 0.1) is 36.5 Å². The molecule has 0 aliphatic heterocycles. The van der Waals surface area contributed by atoms with Crippen LogP contribution in [0.4, 0.5) is 0 Å². The second kappa shape index (κ2) is 9.30. The minimum atomic E-state index is 0.358. The SMILES string of the molecule is CC[C@@H]1[C@H](CO)C[C@@H]2CCCC[C@H]2[C@@H]1/C=C/c1ccc(-c2cccc(C)c2)cc1. The second-order valence-electron chi connectivity index (χ2n) is 9.39. The lowest BCUT2D eigenvalue weighted by molar-refractivity contribution is 0.00715. The summed E-state index contributed by atoms with van der Waals surface area (Å²) in [7, 11) is 0. The zero-order valence-electron chi connectivity index (χ0n) is 18.1. The highest BCUT2D eigenvalue weighted by molar-refractivity contribution is 5.66. The molecule has 5 atom stereocenters. The van der Waals surface area contributed by atoms with Crippen LogP contribution in [0.2, 0.25) is 0 Å². The highest BCUT2D eigenvalue weighted by Gasteiger charge is 2.42. The molecule has 1 N–H and O–H groups in total. The Morgan fingerprint density at radius 3 is 2.52 bits per heavy atom. The number of aliphatic hydroxyl groups is 1. The molecule has 1 nitrogen and oxygen atoms in total. The van der Waals surface area contributed by atoms with Crippen LogP contribution < -0.4 is 0 Å². The Balaban J connectivity index is 1.54. The van der Waals surface area contributed by atoms with E-state index in [0.29, 0.717) is 24.4 Å². The fraction of sp³-hybridized carbons (Fsp3) is 0.500. The lowest BCUT2D eigenvalue weighted by atomic mass is 9.57. The van der Waals surface area contributed by atoms with Crippen LogP contribution in [-0.2, 0) is 0 Å². The number of fused-ring (bicyclic) bond motifs is 1. The van der Waals surface area contributed by atoms with Gasteiger partial charge in [0.25, 0.3) is 0 Å². The Labute approximate surface area is 176 Å². The van der Waals surface area contributed by atoms with Crippen molar-refractivity contribution in [2.24, 2.45) is 29.6 Å². The number of allylic oxidation sites excluding steroid dienone is 1. The molecule has 29 heavy (non-hydrogen) atoms. The highest BCUT2D eigenvalue weighted by Crippen LogP contribution is 2.50. The minimum absolute atomic E-state index is 0.358. The van der Waals surface area contributed by atoms with Crippen molar-refractivity contribution in [3.8, 4) is 11.1 Å². The van der Waals surface area contributed by atoms with Crippen molar-refractivity contribution in [3.05, 3.63) is 65.7 Å². The van der Waals surface area contributed by atoms with Gasteiger partial charge in [-0.2, -0.15) is 0 Å². The number of hydrogen-bond acceptors (Lipinski definition) is 1. The molecular weight excluding hydrogens is 352 g/mol. The number of aliphatic hydroxyl groups excluding tert-OH is 1. The normalized spacial score (nSPS) is 29.7. The molecule has 0 saturated heterocycles. The van der Waals surface area contributed by atoms with Crippen molar-refractivity contribution >= 4 is 6.08 Å². The zero-order chi connectivity index (χ0) is 20.2. The van der Waals surface area contributed by atoms with Gasteiger partial charge in [0.1, 0.15) is 0 Å². The van der Waals surface area contributed by atoms with E-state index in [9.17, 15) is 5.11 Å². The van der Waals surface area contributed by atoms with Crippen LogP contribution in [0.1, 0.15) is 56.6 Å². The van der Waals surface area contributed by atoms with Crippen LogP contribution in [-0.4, -0.2) is 11.7 Å². The highest BCUT2D eigenvalue weighted by atomic mass is 16.3. The third kappa shape index (κ3) is 4.51. The van der Waals surface area contributed by atoms with Gasteiger partial charge in [-0.1, -0.05) is 98.9 Å². The molecule has 0 amide bonds. The molecule has 0 heterocycles. The van der Waals surface area contributed by atoms with E-state index in [-0.39, 0.29) is 0 Å². The van der Waals surface area contributed by atoms with Crippen molar-refractivity contribution in [1.29, 1.82) is 0 Å². The van der Waals surface area contributed by atoms with Crippen LogP contribution in [0.3, 0.4) is 0 Å². The third-order valence-electron chi connectivity index (χ3n) is 7.65. The predicted octanol–water partition coefficient (Wildman–Crippen LogP) is 7.14. The average molecular weight is 389 g/mol. The number of aryl methyl sites for hydroxylation is 1. The maximum absolute atomic E-state index is 10.0. The standard InChI is InChI=1S/C28H36O/c1-3-26-25(19-29)18-24-8-4-5-10-27(24)28(26)16-13-21-11-14-22(15-12-21)23-9-6-7-20(2)17-23/h6-7,9,11-17,24-29H,3-5,8,10,18-19H2,1-2H3/b16-13+/t24-,25-,26+,27+,28+/m0/s1. The van der Waals surface area contributed by atoms with Crippen molar-refractivity contribution in [2.45, 2.75) is 52.4 Å². The molecule has 0 bridgehead atoms. The van der Waals surface area contributed by atoms with E-state index in [0.717, 1.165) is 11.8 Å². The van der Waals surface area contributed by atoms with Crippen molar-refractivity contribution in [1.82, 2.24) is 0 Å². The molecule has 0 radical (unpaired) electrons.